The molecule has 0 heterocycles. The van der Waals surface area contributed by atoms with Gasteiger partial charge in [-0.1, -0.05) is 13.0 Å². The van der Waals surface area contributed by atoms with E-state index in [1.54, 1.807) is 13.0 Å². The fourth-order valence-corrected chi connectivity index (χ4v) is 2.76. The van der Waals surface area contributed by atoms with Crippen molar-refractivity contribution in [2.24, 2.45) is 0 Å². The zero-order chi connectivity index (χ0) is 14.6. The molecule has 3 nitrogen and oxygen atoms in total. The van der Waals surface area contributed by atoms with Crippen LogP contribution in [0.1, 0.15) is 37.4 Å². The molecule has 1 aromatic carbocycles. The lowest BCUT2D eigenvalue weighted by Crippen LogP contribution is -2.36. The Morgan fingerprint density at radius 1 is 1.37 bits per heavy atom. The lowest BCUT2D eigenvalue weighted by molar-refractivity contribution is 0.495. The zero-order valence-electron chi connectivity index (χ0n) is 11.9. The summed E-state index contributed by atoms with van der Waals surface area (Å²) in [6.45, 7) is 6.23. The molecule has 1 aromatic rings. The number of rotatable bonds is 6. The van der Waals surface area contributed by atoms with E-state index in [2.05, 4.69) is 5.32 Å². The maximum atomic E-state index is 13.4. The summed E-state index contributed by atoms with van der Waals surface area (Å²) in [6.07, 6.45) is 2.11. The Bertz CT molecular complexity index is 528. The highest BCUT2D eigenvalue weighted by molar-refractivity contribution is 7.91. The summed E-state index contributed by atoms with van der Waals surface area (Å²) < 4.78 is 37.0. The molecule has 0 bridgehead atoms. The first-order chi connectivity index (χ1) is 8.77. The van der Waals surface area contributed by atoms with Crippen LogP contribution in [0, 0.1) is 12.7 Å². The fourth-order valence-electron chi connectivity index (χ4n) is 2.02. The average Bonchev–Trinajstić information content (AvgIpc) is 2.32. The van der Waals surface area contributed by atoms with Crippen molar-refractivity contribution in [2.45, 2.75) is 38.5 Å². The van der Waals surface area contributed by atoms with Crippen LogP contribution in [0.4, 0.5) is 4.39 Å². The monoisotopic (exact) mass is 287 g/mol. The van der Waals surface area contributed by atoms with E-state index in [0.717, 1.165) is 12.0 Å². The number of nitrogens with one attached hydrogen (secondary N) is 1. The van der Waals surface area contributed by atoms with Gasteiger partial charge in [0.05, 0.1) is 5.25 Å². The third-order valence-electron chi connectivity index (χ3n) is 3.34. The van der Waals surface area contributed by atoms with Crippen LogP contribution < -0.4 is 5.32 Å². The second-order valence-electron chi connectivity index (χ2n) is 4.97. The Morgan fingerprint density at radius 2 is 2.00 bits per heavy atom. The van der Waals surface area contributed by atoms with Crippen LogP contribution in [-0.4, -0.2) is 26.5 Å². The van der Waals surface area contributed by atoms with Crippen LogP contribution in [0.5, 0.6) is 0 Å². The van der Waals surface area contributed by atoms with Crippen molar-refractivity contribution >= 4 is 9.84 Å². The van der Waals surface area contributed by atoms with Crippen molar-refractivity contribution in [3.63, 3.8) is 0 Å². The van der Waals surface area contributed by atoms with Gasteiger partial charge in [-0.15, -0.1) is 0 Å². The fraction of sp³-hybridized carbons (Fsp3) is 0.571. The van der Waals surface area contributed by atoms with Crippen molar-refractivity contribution in [3.05, 3.63) is 35.1 Å². The topological polar surface area (TPSA) is 46.2 Å². The smallest absolute Gasteiger partial charge is 0.151 e. The number of benzene rings is 1. The van der Waals surface area contributed by atoms with Crippen LogP contribution in [0.25, 0.3) is 0 Å². The molecule has 0 aromatic heterocycles. The molecule has 1 N–H and O–H groups in total. The van der Waals surface area contributed by atoms with E-state index in [-0.39, 0.29) is 11.9 Å². The molecule has 19 heavy (non-hydrogen) atoms. The molecule has 0 radical (unpaired) electrons. The van der Waals surface area contributed by atoms with Crippen molar-refractivity contribution < 1.29 is 12.8 Å². The number of hydrogen-bond acceptors (Lipinski definition) is 3. The van der Waals surface area contributed by atoms with E-state index in [0.29, 0.717) is 12.1 Å². The van der Waals surface area contributed by atoms with Gasteiger partial charge >= 0.3 is 0 Å². The summed E-state index contributed by atoms with van der Waals surface area (Å²) in [5.41, 5.74) is 1.61. The van der Waals surface area contributed by atoms with Crippen molar-refractivity contribution in [3.8, 4) is 0 Å². The number of sulfone groups is 1. The molecule has 2 atom stereocenters. The van der Waals surface area contributed by atoms with Gasteiger partial charge in [-0.2, -0.15) is 0 Å². The summed E-state index contributed by atoms with van der Waals surface area (Å²) in [4.78, 5) is 0. The summed E-state index contributed by atoms with van der Waals surface area (Å²) in [7, 11) is -3.20. The standard InChI is InChI=1S/C14H22FNO2S/c1-5-8-16-14(11(3)19(4,17)18)13-9-12(15)7-6-10(13)2/h6-7,9,11,14,16H,5,8H2,1-4H3. The van der Waals surface area contributed by atoms with Gasteiger partial charge in [0.1, 0.15) is 5.82 Å². The molecule has 5 heteroatoms. The molecule has 108 valence electrons. The van der Waals surface area contributed by atoms with Crippen molar-refractivity contribution in [1.29, 1.82) is 0 Å². The Morgan fingerprint density at radius 3 is 2.53 bits per heavy atom. The molecule has 0 saturated heterocycles. The molecule has 0 aliphatic heterocycles. The summed E-state index contributed by atoms with van der Waals surface area (Å²) in [5.74, 6) is -0.343. The molecular formula is C14H22FNO2S. The van der Waals surface area contributed by atoms with Gasteiger partial charge in [-0.05, 0) is 50.1 Å². The minimum atomic E-state index is -3.20. The maximum Gasteiger partial charge on any atom is 0.151 e. The Labute approximate surface area is 115 Å². The quantitative estimate of drug-likeness (QED) is 0.875. The van der Waals surface area contributed by atoms with Crippen LogP contribution in [0.15, 0.2) is 18.2 Å². The van der Waals surface area contributed by atoms with E-state index >= 15 is 0 Å². The molecule has 0 amide bonds. The Kier molecular flexibility index (Phi) is 5.50. The normalized spacial score (nSPS) is 15.2. The van der Waals surface area contributed by atoms with Gasteiger partial charge in [0.2, 0.25) is 0 Å². The maximum absolute atomic E-state index is 13.4. The highest BCUT2D eigenvalue weighted by Gasteiger charge is 2.28. The lowest BCUT2D eigenvalue weighted by atomic mass is 9.98. The molecule has 0 fully saturated rings. The van der Waals surface area contributed by atoms with Gasteiger partial charge in [0.15, 0.2) is 9.84 Å². The minimum Gasteiger partial charge on any atom is -0.309 e. The third kappa shape index (κ3) is 4.28. The van der Waals surface area contributed by atoms with Gasteiger partial charge in [0, 0.05) is 12.3 Å². The molecule has 0 aliphatic rings. The molecule has 0 aliphatic carbocycles. The van der Waals surface area contributed by atoms with Crippen LogP contribution in [0.3, 0.4) is 0 Å². The van der Waals surface area contributed by atoms with E-state index < -0.39 is 15.1 Å². The number of aryl methyl sites for hydroxylation is 1. The predicted molar refractivity (Wildman–Crippen MR) is 76.5 cm³/mol. The van der Waals surface area contributed by atoms with Crippen molar-refractivity contribution in [1.82, 2.24) is 5.32 Å². The van der Waals surface area contributed by atoms with Crippen LogP contribution >= 0.6 is 0 Å². The van der Waals surface area contributed by atoms with E-state index in [9.17, 15) is 12.8 Å². The first-order valence-corrected chi connectivity index (χ1v) is 8.41. The van der Waals surface area contributed by atoms with Crippen LogP contribution in [0.2, 0.25) is 0 Å². The van der Waals surface area contributed by atoms with Gasteiger partial charge in [-0.3, -0.25) is 0 Å². The van der Waals surface area contributed by atoms with Gasteiger partial charge in [-0.25, -0.2) is 12.8 Å². The second kappa shape index (κ2) is 6.48. The van der Waals surface area contributed by atoms with E-state index in [4.69, 9.17) is 0 Å². The molecule has 0 saturated carbocycles. The number of hydrogen-bond donors (Lipinski definition) is 1. The first kappa shape index (κ1) is 16.1. The summed E-state index contributed by atoms with van der Waals surface area (Å²) >= 11 is 0. The molecule has 1 rings (SSSR count). The predicted octanol–water partition coefficient (Wildman–Crippen LogP) is 2.61. The van der Waals surface area contributed by atoms with E-state index in [1.165, 1.54) is 18.4 Å². The summed E-state index contributed by atoms with van der Waals surface area (Å²) in [6, 6.07) is 4.11. The lowest BCUT2D eigenvalue weighted by Gasteiger charge is -2.26. The Hall–Kier alpha value is -0.940. The average molecular weight is 287 g/mol. The Balaban J connectivity index is 3.19. The zero-order valence-corrected chi connectivity index (χ0v) is 12.7. The molecule has 2 unspecified atom stereocenters. The number of halogens is 1. The van der Waals surface area contributed by atoms with Gasteiger partial charge < -0.3 is 5.32 Å². The van der Waals surface area contributed by atoms with Gasteiger partial charge in [0.25, 0.3) is 0 Å². The molecular weight excluding hydrogens is 265 g/mol. The van der Waals surface area contributed by atoms with Crippen LogP contribution in [-0.2, 0) is 9.84 Å². The van der Waals surface area contributed by atoms with Crippen molar-refractivity contribution in [2.75, 3.05) is 12.8 Å². The van der Waals surface area contributed by atoms with E-state index in [1.807, 2.05) is 13.8 Å². The minimum absolute atomic E-state index is 0.343. The highest BCUT2D eigenvalue weighted by atomic mass is 32.2. The first-order valence-electron chi connectivity index (χ1n) is 6.45. The largest absolute Gasteiger partial charge is 0.309 e. The summed E-state index contributed by atoms with van der Waals surface area (Å²) in [5, 5.41) is 2.62. The SMILES string of the molecule is CCCNC(c1cc(F)ccc1C)C(C)S(C)(=O)=O. The molecule has 0 spiro atoms. The highest BCUT2D eigenvalue weighted by Crippen LogP contribution is 2.25. The second-order valence-corrected chi connectivity index (χ2v) is 7.37. The third-order valence-corrected chi connectivity index (χ3v) is 4.96.